The molecule has 0 atom stereocenters. The zero-order valence-electron chi connectivity index (χ0n) is 10.8. The first-order valence-electron chi connectivity index (χ1n) is 6.39. The molecule has 0 unspecified atom stereocenters. The number of unbranched alkanes of at least 4 members (excludes halogenated alkanes) is 4. The Labute approximate surface area is 102 Å². The Morgan fingerprint density at radius 2 is 2.00 bits per heavy atom. The standard InChI is InChI=1S/C13H22N2O2/c1-3-4-5-6-7-8-11-10(2)14-12(15-11)9-13(16)17/h3-9H2,1-2H3,(H,14,15)(H,16,17). The van der Waals surface area contributed by atoms with E-state index >= 15 is 0 Å². The third-order valence-electron chi connectivity index (χ3n) is 2.87. The number of aryl methyl sites for hydroxylation is 2. The molecule has 0 aliphatic heterocycles. The molecule has 4 nitrogen and oxygen atoms in total. The number of carbonyl (C=O) groups is 1. The molecule has 96 valence electrons. The van der Waals surface area contributed by atoms with Gasteiger partial charge in [0, 0.05) is 5.69 Å². The van der Waals surface area contributed by atoms with Gasteiger partial charge in [-0.25, -0.2) is 4.98 Å². The van der Waals surface area contributed by atoms with Gasteiger partial charge in [0.1, 0.15) is 12.2 Å². The Hall–Kier alpha value is -1.32. The highest BCUT2D eigenvalue weighted by molar-refractivity contribution is 5.69. The average Bonchev–Trinajstić information content (AvgIpc) is 2.58. The third kappa shape index (κ3) is 5.02. The van der Waals surface area contributed by atoms with Gasteiger partial charge in [-0.15, -0.1) is 0 Å². The van der Waals surface area contributed by atoms with Gasteiger partial charge in [-0.2, -0.15) is 0 Å². The second-order valence-corrected chi connectivity index (χ2v) is 4.49. The molecule has 1 aromatic rings. The van der Waals surface area contributed by atoms with Crippen LogP contribution < -0.4 is 0 Å². The molecular formula is C13H22N2O2. The minimum atomic E-state index is -0.840. The number of carboxylic acid groups (broad SMARTS) is 1. The predicted molar refractivity (Wildman–Crippen MR) is 67.1 cm³/mol. The molecular weight excluding hydrogens is 216 g/mol. The molecule has 0 aliphatic rings. The summed E-state index contributed by atoms with van der Waals surface area (Å²) in [5.74, 6) is -0.271. The van der Waals surface area contributed by atoms with Crippen LogP contribution in [0.2, 0.25) is 0 Å². The van der Waals surface area contributed by atoms with Crippen LogP contribution in [0.4, 0.5) is 0 Å². The van der Waals surface area contributed by atoms with Crippen LogP contribution in [0.15, 0.2) is 0 Å². The van der Waals surface area contributed by atoms with Crippen LogP contribution in [-0.2, 0) is 17.6 Å². The van der Waals surface area contributed by atoms with Crippen LogP contribution in [0, 0.1) is 6.92 Å². The molecule has 0 saturated heterocycles. The first-order chi connectivity index (χ1) is 8.13. The van der Waals surface area contributed by atoms with Crippen molar-refractivity contribution < 1.29 is 9.90 Å². The molecule has 0 aliphatic carbocycles. The van der Waals surface area contributed by atoms with Crippen LogP contribution in [0.3, 0.4) is 0 Å². The predicted octanol–water partition coefficient (Wildman–Crippen LogP) is 2.86. The SMILES string of the molecule is CCCCCCCc1nc(CC(=O)O)[nH]c1C. The highest BCUT2D eigenvalue weighted by Crippen LogP contribution is 2.11. The maximum Gasteiger partial charge on any atom is 0.311 e. The number of hydrogen-bond acceptors (Lipinski definition) is 2. The first-order valence-corrected chi connectivity index (χ1v) is 6.39. The molecule has 1 heterocycles. The van der Waals surface area contributed by atoms with Crippen LogP contribution >= 0.6 is 0 Å². The van der Waals surface area contributed by atoms with Gasteiger partial charge in [0.2, 0.25) is 0 Å². The summed E-state index contributed by atoms with van der Waals surface area (Å²) in [6.45, 7) is 4.16. The lowest BCUT2D eigenvalue weighted by molar-refractivity contribution is -0.136. The van der Waals surface area contributed by atoms with Gasteiger partial charge < -0.3 is 10.1 Å². The van der Waals surface area contributed by atoms with Crippen molar-refractivity contribution in [3.63, 3.8) is 0 Å². The van der Waals surface area contributed by atoms with Crippen molar-refractivity contribution in [1.82, 2.24) is 9.97 Å². The van der Waals surface area contributed by atoms with Crippen LogP contribution in [0.25, 0.3) is 0 Å². The summed E-state index contributed by atoms with van der Waals surface area (Å²) in [5, 5.41) is 8.68. The van der Waals surface area contributed by atoms with E-state index in [-0.39, 0.29) is 6.42 Å². The van der Waals surface area contributed by atoms with E-state index in [0.29, 0.717) is 5.82 Å². The van der Waals surface area contributed by atoms with Crippen molar-refractivity contribution in [2.24, 2.45) is 0 Å². The number of hydrogen-bond donors (Lipinski definition) is 2. The molecule has 0 saturated carbocycles. The van der Waals surface area contributed by atoms with Crippen LogP contribution in [0.1, 0.15) is 56.2 Å². The summed E-state index contributed by atoms with van der Waals surface area (Å²) in [6.07, 6.45) is 7.13. The number of nitrogens with zero attached hydrogens (tertiary/aromatic N) is 1. The number of imidazole rings is 1. The van der Waals surface area contributed by atoms with E-state index in [0.717, 1.165) is 24.2 Å². The summed E-state index contributed by atoms with van der Waals surface area (Å²) in [7, 11) is 0. The van der Waals surface area contributed by atoms with E-state index in [1.54, 1.807) is 0 Å². The van der Waals surface area contributed by atoms with Gasteiger partial charge in [0.15, 0.2) is 0 Å². The second-order valence-electron chi connectivity index (χ2n) is 4.49. The highest BCUT2D eigenvalue weighted by Gasteiger charge is 2.09. The molecule has 1 aromatic heterocycles. The molecule has 17 heavy (non-hydrogen) atoms. The third-order valence-corrected chi connectivity index (χ3v) is 2.87. The minimum Gasteiger partial charge on any atom is -0.481 e. The fourth-order valence-electron chi connectivity index (χ4n) is 1.93. The number of aromatic amines is 1. The molecule has 0 aromatic carbocycles. The molecule has 4 heteroatoms. The topological polar surface area (TPSA) is 66.0 Å². The summed E-state index contributed by atoms with van der Waals surface area (Å²) >= 11 is 0. The number of nitrogens with one attached hydrogen (secondary N) is 1. The molecule has 2 N–H and O–H groups in total. The Morgan fingerprint density at radius 3 is 2.65 bits per heavy atom. The number of aliphatic carboxylic acids is 1. The lowest BCUT2D eigenvalue weighted by atomic mass is 10.1. The minimum absolute atomic E-state index is 0.0172. The molecule has 0 fully saturated rings. The van der Waals surface area contributed by atoms with Crippen LogP contribution in [0.5, 0.6) is 0 Å². The molecule has 0 spiro atoms. The van der Waals surface area contributed by atoms with Crippen molar-refractivity contribution in [3.05, 3.63) is 17.2 Å². The summed E-state index contributed by atoms with van der Waals surface area (Å²) in [4.78, 5) is 17.9. The largest absolute Gasteiger partial charge is 0.481 e. The molecule has 0 radical (unpaired) electrons. The molecule has 1 rings (SSSR count). The van der Waals surface area contributed by atoms with E-state index < -0.39 is 5.97 Å². The number of aromatic nitrogens is 2. The van der Waals surface area contributed by atoms with Gasteiger partial charge in [-0.3, -0.25) is 4.79 Å². The van der Waals surface area contributed by atoms with E-state index in [2.05, 4.69) is 16.9 Å². The average molecular weight is 238 g/mol. The summed E-state index contributed by atoms with van der Waals surface area (Å²) in [5.41, 5.74) is 2.04. The van der Waals surface area contributed by atoms with E-state index in [1.807, 2.05) is 6.92 Å². The number of rotatable bonds is 8. The Bertz CT molecular complexity index is 358. The lowest BCUT2D eigenvalue weighted by Crippen LogP contribution is -2.01. The normalized spacial score (nSPS) is 10.7. The van der Waals surface area contributed by atoms with Gasteiger partial charge in [0.05, 0.1) is 5.69 Å². The lowest BCUT2D eigenvalue weighted by Gasteiger charge is -1.99. The van der Waals surface area contributed by atoms with E-state index in [4.69, 9.17) is 5.11 Å². The van der Waals surface area contributed by atoms with Crippen molar-refractivity contribution in [1.29, 1.82) is 0 Å². The van der Waals surface area contributed by atoms with Crippen molar-refractivity contribution in [2.45, 2.75) is 58.8 Å². The van der Waals surface area contributed by atoms with E-state index in [9.17, 15) is 4.79 Å². The monoisotopic (exact) mass is 238 g/mol. The van der Waals surface area contributed by atoms with Gasteiger partial charge in [0.25, 0.3) is 0 Å². The van der Waals surface area contributed by atoms with Gasteiger partial charge in [-0.1, -0.05) is 32.6 Å². The second kappa shape index (κ2) is 7.09. The fraction of sp³-hybridized carbons (Fsp3) is 0.692. The smallest absolute Gasteiger partial charge is 0.311 e. The molecule has 0 amide bonds. The first kappa shape index (κ1) is 13.7. The summed E-state index contributed by atoms with van der Waals surface area (Å²) in [6, 6.07) is 0. The summed E-state index contributed by atoms with van der Waals surface area (Å²) < 4.78 is 0. The fourth-order valence-corrected chi connectivity index (χ4v) is 1.93. The van der Waals surface area contributed by atoms with Crippen LogP contribution in [-0.4, -0.2) is 21.0 Å². The number of carboxylic acids is 1. The van der Waals surface area contributed by atoms with Gasteiger partial charge >= 0.3 is 5.97 Å². The Kier molecular flexibility index (Phi) is 5.73. The van der Waals surface area contributed by atoms with Crippen molar-refractivity contribution >= 4 is 5.97 Å². The van der Waals surface area contributed by atoms with Crippen molar-refractivity contribution in [3.8, 4) is 0 Å². The number of H-pyrrole nitrogens is 1. The van der Waals surface area contributed by atoms with Crippen molar-refractivity contribution in [2.75, 3.05) is 0 Å². The van der Waals surface area contributed by atoms with Gasteiger partial charge in [-0.05, 0) is 19.8 Å². The Balaban J connectivity index is 2.37. The molecule has 0 bridgehead atoms. The highest BCUT2D eigenvalue weighted by atomic mass is 16.4. The zero-order valence-corrected chi connectivity index (χ0v) is 10.8. The van der Waals surface area contributed by atoms with E-state index in [1.165, 1.54) is 25.7 Å². The maximum atomic E-state index is 10.6. The zero-order chi connectivity index (χ0) is 12.7. The maximum absolute atomic E-state index is 10.6. The quantitative estimate of drug-likeness (QED) is 0.684. The Morgan fingerprint density at radius 1 is 1.29 bits per heavy atom.